The molecule has 0 saturated heterocycles. The smallest absolute Gasteiger partial charge is 0.355 e. The van der Waals surface area contributed by atoms with E-state index in [1.54, 1.807) is 30.7 Å². The van der Waals surface area contributed by atoms with Gasteiger partial charge in [-0.15, -0.1) is 0 Å². The highest BCUT2D eigenvalue weighted by Gasteiger charge is 2.17. The van der Waals surface area contributed by atoms with Gasteiger partial charge < -0.3 is 9.30 Å². The number of aryl methyl sites for hydroxylation is 1. The summed E-state index contributed by atoms with van der Waals surface area (Å²) in [6.45, 7) is 4.07. The fraction of sp³-hybridized carbons (Fsp3) is 0.250. The van der Waals surface area contributed by atoms with Gasteiger partial charge in [-0.3, -0.25) is 0 Å². The van der Waals surface area contributed by atoms with Crippen LogP contribution in [0.1, 0.15) is 34.1 Å². The Bertz CT molecular complexity index is 714. The van der Waals surface area contributed by atoms with E-state index >= 15 is 0 Å². The lowest BCUT2D eigenvalue weighted by molar-refractivity contribution is 0.0513. The van der Waals surface area contributed by atoms with Crippen molar-refractivity contribution >= 4 is 5.97 Å². The van der Waals surface area contributed by atoms with Crippen LogP contribution < -0.4 is 0 Å². The Kier molecular flexibility index (Phi) is 4.39. The van der Waals surface area contributed by atoms with Gasteiger partial charge in [-0.1, -0.05) is 0 Å². The fourth-order valence-electron chi connectivity index (χ4n) is 2.18. The van der Waals surface area contributed by atoms with Crippen LogP contribution >= 0.6 is 0 Å². The molecule has 0 atom stereocenters. The summed E-state index contributed by atoms with van der Waals surface area (Å²) in [5.74, 6) is -0.833. The Hall–Kier alpha value is -2.61. The minimum Gasteiger partial charge on any atom is -0.461 e. The number of carbonyl (C=O) groups is 1. The number of halogens is 1. The van der Waals surface area contributed by atoms with E-state index in [1.807, 2.05) is 6.07 Å². The third kappa shape index (κ3) is 3.11. The molecule has 0 amide bonds. The van der Waals surface area contributed by atoms with Crippen LogP contribution in [0.15, 0.2) is 30.5 Å². The van der Waals surface area contributed by atoms with Crippen molar-refractivity contribution in [1.82, 2.24) is 4.57 Å². The third-order valence-corrected chi connectivity index (χ3v) is 3.16. The standard InChI is InChI=1S/C16H15FN2O2/c1-3-21-16(20)15-11(2)6-7-19(15)10-13-8-14(17)5-4-12(13)9-18/h4-8H,3,10H2,1-2H3. The maximum Gasteiger partial charge on any atom is 0.355 e. The van der Waals surface area contributed by atoms with Gasteiger partial charge in [0, 0.05) is 12.7 Å². The monoisotopic (exact) mass is 286 g/mol. The first-order valence-corrected chi connectivity index (χ1v) is 6.58. The van der Waals surface area contributed by atoms with Crippen molar-refractivity contribution in [3.63, 3.8) is 0 Å². The van der Waals surface area contributed by atoms with E-state index in [1.165, 1.54) is 18.2 Å². The number of esters is 1. The molecule has 4 nitrogen and oxygen atoms in total. The molecule has 0 aliphatic rings. The lowest BCUT2D eigenvalue weighted by Gasteiger charge is -2.11. The van der Waals surface area contributed by atoms with Gasteiger partial charge in [-0.05, 0) is 49.2 Å². The number of rotatable bonds is 4. The molecule has 1 aromatic heterocycles. The largest absolute Gasteiger partial charge is 0.461 e. The van der Waals surface area contributed by atoms with Gasteiger partial charge in [0.1, 0.15) is 11.5 Å². The van der Waals surface area contributed by atoms with E-state index in [4.69, 9.17) is 10.00 Å². The Balaban J connectivity index is 2.39. The summed E-state index contributed by atoms with van der Waals surface area (Å²) in [4.78, 5) is 12.0. The number of benzene rings is 1. The molecular formula is C16H15FN2O2. The molecule has 0 bridgehead atoms. The van der Waals surface area contributed by atoms with Crippen LogP contribution in [0.5, 0.6) is 0 Å². The molecule has 0 unspecified atom stereocenters. The fourth-order valence-corrected chi connectivity index (χ4v) is 2.18. The summed E-state index contributed by atoms with van der Waals surface area (Å²) < 4.78 is 20.1. The molecule has 2 rings (SSSR count). The first-order valence-electron chi connectivity index (χ1n) is 6.58. The zero-order chi connectivity index (χ0) is 15.4. The number of nitrogens with zero attached hydrogens (tertiary/aromatic N) is 2. The first-order chi connectivity index (χ1) is 10.1. The van der Waals surface area contributed by atoms with Crippen LogP contribution in [0.2, 0.25) is 0 Å². The van der Waals surface area contributed by atoms with Gasteiger partial charge in [0.2, 0.25) is 0 Å². The van der Waals surface area contributed by atoms with Crippen molar-refractivity contribution in [3.05, 3.63) is 58.7 Å². The van der Waals surface area contributed by atoms with Crippen molar-refractivity contribution < 1.29 is 13.9 Å². The van der Waals surface area contributed by atoms with E-state index in [0.717, 1.165) is 5.56 Å². The molecule has 0 spiro atoms. The van der Waals surface area contributed by atoms with Gasteiger partial charge >= 0.3 is 5.97 Å². The van der Waals surface area contributed by atoms with Crippen LogP contribution in [-0.4, -0.2) is 17.1 Å². The highest BCUT2D eigenvalue weighted by molar-refractivity contribution is 5.89. The molecule has 108 valence electrons. The average Bonchev–Trinajstić information content (AvgIpc) is 2.80. The highest BCUT2D eigenvalue weighted by atomic mass is 19.1. The SMILES string of the molecule is CCOC(=O)c1c(C)ccn1Cc1cc(F)ccc1C#N. The van der Waals surface area contributed by atoms with Gasteiger partial charge in [0.05, 0.1) is 18.2 Å². The molecule has 2 aromatic rings. The quantitative estimate of drug-likeness (QED) is 0.812. The number of ether oxygens (including phenoxy) is 1. The van der Waals surface area contributed by atoms with Gasteiger partial charge in [-0.2, -0.15) is 5.26 Å². The Morgan fingerprint density at radius 3 is 2.86 bits per heavy atom. The van der Waals surface area contributed by atoms with E-state index in [-0.39, 0.29) is 13.2 Å². The van der Waals surface area contributed by atoms with E-state index in [2.05, 4.69) is 0 Å². The lowest BCUT2D eigenvalue weighted by atomic mass is 10.1. The van der Waals surface area contributed by atoms with E-state index in [0.29, 0.717) is 16.8 Å². The normalized spacial score (nSPS) is 10.2. The van der Waals surface area contributed by atoms with Crippen LogP contribution in [0.25, 0.3) is 0 Å². The minimum atomic E-state index is -0.421. The van der Waals surface area contributed by atoms with E-state index < -0.39 is 11.8 Å². The van der Waals surface area contributed by atoms with Crippen molar-refractivity contribution in [3.8, 4) is 6.07 Å². The predicted molar refractivity (Wildman–Crippen MR) is 75.3 cm³/mol. The topological polar surface area (TPSA) is 55.0 Å². The molecule has 0 aliphatic heterocycles. The summed E-state index contributed by atoms with van der Waals surface area (Å²) in [5, 5.41) is 9.08. The maximum atomic E-state index is 13.4. The number of aromatic nitrogens is 1. The number of carbonyl (C=O) groups excluding carboxylic acids is 1. The zero-order valence-corrected chi connectivity index (χ0v) is 11.9. The van der Waals surface area contributed by atoms with Crippen molar-refractivity contribution in [2.24, 2.45) is 0 Å². The van der Waals surface area contributed by atoms with E-state index in [9.17, 15) is 9.18 Å². The molecule has 5 heteroatoms. The summed E-state index contributed by atoms with van der Waals surface area (Å²) in [5.41, 5.74) is 2.12. The number of hydrogen-bond donors (Lipinski definition) is 0. The third-order valence-electron chi connectivity index (χ3n) is 3.16. The molecule has 0 aliphatic carbocycles. The molecule has 1 aromatic carbocycles. The number of nitriles is 1. The Labute approximate surface area is 122 Å². The second-order valence-corrected chi connectivity index (χ2v) is 4.61. The summed E-state index contributed by atoms with van der Waals surface area (Å²) in [6, 6.07) is 7.81. The van der Waals surface area contributed by atoms with Crippen LogP contribution in [0.3, 0.4) is 0 Å². The molecule has 0 N–H and O–H groups in total. The Morgan fingerprint density at radius 2 is 2.19 bits per heavy atom. The number of hydrogen-bond acceptors (Lipinski definition) is 3. The van der Waals surface area contributed by atoms with Crippen LogP contribution in [0.4, 0.5) is 4.39 Å². The molecule has 0 radical (unpaired) electrons. The van der Waals surface area contributed by atoms with Crippen LogP contribution in [-0.2, 0) is 11.3 Å². The summed E-state index contributed by atoms with van der Waals surface area (Å²) in [6.07, 6.45) is 1.73. The minimum absolute atomic E-state index is 0.239. The second-order valence-electron chi connectivity index (χ2n) is 4.61. The highest BCUT2D eigenvalue weighted by Crippen LogP contribution is 2.17. The van der Waals surface area contributed by atoms with Gasteiger partial charge in [-0.25, -0.2) is 9.18 Å². The van der Waals surface area contributed by atoms with Gasteiger partial charge in [0.15, 0.2) is 0 Å². The van der Waals surface area contributed by atoms with Crippen molar-refractivity contribution in [2.45, 2.75) is 20.4 Å². The van der Waals surface area contributed by atoms with Crippen molar-refractivity contribution in [1.29, 1.82) is 5.26 Å². The summed E-state index contributed by atoms with van der Waals surface area (Å²) in [7, 11) is 0. The Morgan fingerprint density at radius 1 is 1.43 bits per heavy atom. The van der Waals surface area contributed by atoms with Crippen molar-refractivity contribution in [2.75, 3.05) is 6.61 Å². The molecule has 21 heavy (non-hydrogen) atoms. The second kappa shape index (κ2) is 6.23. The lowest BCUT2D eigenvalue weighted by Crippen LogP contribution is -2.14. The average molecular weight is 286 g/mol. The first kappa shape index (κ1) is 14.8. The summed E-state index contributed by atoms with van der Waals surface area (Å²) >= 11 is 0. The molecule has 0 fully saturated rings. The predicted octanol–water partition coefficient (Wildman–Crippen LogP) is 3.03. The molecular weight excluding hydrogens is 271 g/mol. The maximum absolute atomic E-state index is 13.4. The van der Waals surface area contributed by atoms with Crippen LogP contribution in [0, 0.1) is 24.1 Å². The molecule has 1 heterocycles. The molecule has 0 saturated carbocycles. The van der Waals surface area contributed by atoms with Gasteiger partial charge in [0.25, 0.3) is 0 Å². The zero-order valence-electron chi connectivity index (χ0n) is 11.9.